The van der Waals surface area contributed by atoms with E-state index in [1.165, 1.54) is 32.4 Å². The predicted octanol–water partition coefficient (Wildman–Crippen LogP) is 4.36. The number of nitrogens with one attached hydrogen (secondary N) is 1. The maximum atomic E-state index is 12.5. The smallest absolute Gasteiger partial charge is 0.234 e. The zero-order chi connectivity index (χ0) is 21.7. The molecule has 2 heterocycles. The SMILES string of the molecule is COc1cc(OC)c(NC(=O)CSc2cc(N3C[C@@H](C)C[C@H](C)C3)ncn2)cc1Cl. The van der Waals surface area contributed by atoms with E-state index < -0.39 is 0 Å². The highest BCUT2D eigenvalue weighted by molar-refractivity contribution is 7.99. The number of ether oxygens (including phenoxy) is 2. The van der Waals surface area contributed by atoms with Crippen LogP contribution in [0.5, 0.6) is 11.5 Å². The highest BCUT2D eigenvalue weighted by Gasteiger charge is 2.23. The Labute approximate surface area is 186 Å². The molecule has 2 aromatic rings. The van der Waals surface area contributed by atoms with Gasteiger partial charge in [0.05, 0.1) is 30.7 Å². The molecule has 162 valence electrons. The van der Waals surface area contributed by atoms with E-state index in [4.69, 9.17) is 21.1 Å². The maximum absolute atomic E-state index is 12.5. The number of methoxy groups -OCH3 is 2. The molecule has 30 heavy (non-hydrogen) atoms. The number of halogens is 1. The van der Waals surface area contributed by atoms with Gasteiger partial charge in [0.15, 0.2) is 0 Å². The first-order valence-electron chi connectivity index (χ1n) is 9.80. The number of carbonyl (C=O) groups excluding carboxylic acids is 1. The van der Waals surface area contributed by atoms with Gasteiger partial charge in [-0.1, -0.05) is 37.2 Å². The molecule has 0 radical (unpaired) electrons. The Bertz CT molecular complexity index is 889. The van der Waals surface area contributed by atoms with Crippen LogP contribution in [0.15, 0.2) is 29.6 Å². The van der Waals surface area contributed by atoms with Gasteiger partial charge in [-0.15, -0.1) is 0 Å². The van der Waals surface area contributed by atoms with Gasteiger partial charge in [-0.05, 0) is 24.3 Å². The number of amides is 1. The van der Waals surface area contributed by atoms with Crippen molar-refractivity contribution in [2.45, 2.75) is 25.3 Å². The predicted molar refractivity (Wildman–Crippen MR) is 121 cm³/mol. The molecule has 1 aliphatic rings. The summed E-state index contributed by atoms with van der Waals surface area (Å²) in [4.78, 5) is 23.5. The maximum Gasteiger partial charge on any atom is 0.234 e. The Hall–Kier alpha value is -2.19. The molecule has 9 heteroatoms. The quantitative estimate of drug-likeness (QED) is 0.496. The number of anilines is 2. The lowest BCUT2D eigenvalue weighted by molar-refractivity contribution is -0.113. The summed E-state index contributed by atoms with van der Waals surface area (Å²) in [6.07, 6.45) is 2.80. The molecule has 1 fully saturated rings. The van der Waals surface area contributed by atoms with Gasteiger partial charge in [-0.2, -0.15) is 0 Å². The van der Waals surface area contributed by atoms with Crippen molar-refractivity contribution in [2.75, 3.05) is 43.3 Å². The molecule has 0 aliphatic carbocycles. The fourth-order valence-corrected chi connectivity index (χ4v) is 4.62. The Morgan fingerprint density at radius 3 is 2.53 bits per heavy atom. The minimum Gasteiger partial charge on any atom is -0.495 e. The zero-order valence-electron chi connectivity index (χ0n) is 17.6. The highest BCUT2D eigenvalue weighted by Crippen LogP contribution is 2.36. The first-order chi connectivity index (χ1) is 14.4. The third kappa shape index (κ3) is 5.70. The van der Waals surface area contributed by atoms with Gasteiger partial charge < -0.3 is 19.7 Å². The molecule has 0 unspecified atom stereocenters. The van der Waals surface area contributed by atoms with E-state index in [9.17, 15) is 4.79 Å². The number of carbonyl (C=O) groups is 1. The van der Waals surface area contributed by atoms with Crippen LogP contribution in [0.1, 0.15) is 20.3 Å². The standard InChI is InChI=1S/C21H27ClN4O3S/c1-13-5-14(2)10-26(9-13)19-8-21(24-12-23-19)30-11-20(27)25-16-6-15(22)17(28-3)7-18(16)29-4/h6-8,12-14H,5,9-11H2,1-4H3,(H,25,27)/t13-,14-/m0/s1. The molecule has 1 aromatic carbocycles. The van der Waals surface area contributed by atoms with E-state index >= 15 is 0 Å². The van der Waals surface area contributed by atoms with Crippen molar-refractivity contribution in [3.8, 4) is 11.5 Å². The number of benzene rings is 1. The molecule has 1 aromatic heterocycles. The van der Waals surface area contributed by atoms with Gasteiger partial charge in [0.1, 0.15) is 28.7 Å². The molecular weight excluding hydrogens is 424 g/mol. The fourth-order valence-electron chi connectivity index (χ4n) is 3.72. The van der Waals surface area contributed by atoms with E-state index in [1.54, 1.807) is 18.5 Å². The van der Waals surface area contributed by atoms with Crippen LogP contribution in [0, 0.1) is 11.8 Å². The Morgan fingerprint density at radius 1 is 1.17 bits per heavy atom. The Morgan fingerprint density at radius 2 is 1.87 bits per heavy atom. The Balaban J connectivity index is 1.62. The minimum atomic E-state index is -0.181. The lowest BCUT2D eigenvalue weighted by atomic mass is 9.92. The molecule has 1 saturated heterocycles. The van der Waals surface area contributed by atoms with Crippen molar-refractivity contribution < 1.29 is 14.3 Å². The normalized spacial score (nSPS) is 18.8. The minimum absolute atomic E-state index is 0.181. The topological polar surface area (TPSA) is 76.6 Å². The molecule has 0 spiro atoms. The summed E-state index contributed by atoms with van der Waals surface area (Å²) in [7, 11) is 3.05. The summed E-state index contributed by atoms with van der Waals surface area (Å²) in [5.74, 6) is 3.17. The van der Waals surface area contributed by atoms with E-state index in [1.807, 2.05) is 6.07 Å². The van der Waals surface area contributed by atoms with Crippen molar-refractivity contribution in [2.24, 2.45) is 11.8 Å². The Kier molecular flexibility index (Phi) is 7.66. The molecule has 1 amide bonds. The van der Waals surface area contributed by atoms with Crippen LogP contribution >= 0.6 is 23.4 Å². The monoisotopic (exact) mass is 450 g/mol. The number of nitrogens with zero attached hydrogens (tertiary/aromatic N) is 3. The number of piperidine rings is 1. The van der Waals surface area contributed by atoms with Crippen molar-refractivity contribution in [3.05, 3.63) is 29.5 Å². The molecule has 2 atom stereocenters. The van der Waals surface area contributed by atoms with Crippen LogP contribution in [0.3, 0.4) is 0 Å². The number of aromatic nitrogens is 2. The summed E-state index contributed by atoms with van der Waals surface area (Å²) in [5, 5.41) is 3.99. The average Bonchev–Trinajstić information content (AvgIpc) is 2.72. The largest absolute Gasteiger partial charge is 0.495 e. The van der Waals surface area contributed by atoms with E-state index in [-0.39, 0.29) is 11.7 Å². The van der Waals surface area contributed by atoms with Gasteiger partial charge in [0.2, 0.25) is 5.91 Å². The fraction of sp³-hybridized carbons (Fsp3) is 0.476. The molecule has 7 nitrogen and oxygen atoms in total. The van der Waals surface area contributed by atoms with Gasteiger partial charge in [-0.3, -0.25) is 4.79 Å². The van der Waals surface area contributed by atoms with Crippen LogP contribution in [0.25, 0.3) is 0 Å². The summed E-state index contributed by atoms with van der Waals surface area (Å²) < 4.78 is 10.5. The lowest BCUT2D eigenvalue weighted by Gasteiger charge is -2.35. The van der Waals surface area contributed by atoms with Crippen LogP contribution in [0.2, 0.25) is 5.02 Å². The third-order valence-electron chi connectivity index (χ3n) is 4.92. The van der Waals surface area contributed by atoms with Crippen molar-refractivity contribution in [1.82, 2.24) is 9.97 Å². The van der Waals surface area contributed by atoms with E-state index in [0.717, 1.165) is 23.9 Å². The first kappa shape index (κ1) is 22.5. The number of hydrogen-bond acceptors (Lipinski definition) is 7. The third-order valence-corrected chi connectivity index (χ3v) is 6.14. The van der Waals surface area contributed by atoms with E-state index in [2.05, 4.69) is 34.0 Å². The number of hydrogen-bond donors (Lipinski definition) is 1. The van der Waals surface area contributed by atoms with Crippen LogP contribution in [-0.4, -0.2) is 48.9 Å². The molecule has 3 rings (SSSR count). The van der Waals surface area contributed by atoms with Crippen LogP contribution < -0.4 is 19.7 Å². The average molecular weight is 451 g/mol. The first-order valence-corrected chi connectivity index (χ1v) is 11.2. The van der Waals surface area contributed by atoms with Crippen LogP contribution in [-0.2, 0) is 4.79 Å². The molecule has 1 aliphatic heterocycles. The second kappa shape index (κ2) is 10.2. The van der Waals surface area contributed by atoms with Gasteiger partial charge in [0.25, 0.3) is 0 Å². The highest BCUT2D eigenvalue weighted by atomic mass is 35.5. The van der Waals surface area contributed by atoms with Gasteiger partial charge in [0, 0.05) is 25.2 Å². The summed E-state index contributed by atoms with van der Waals surface area (Å²) in [6, 6.07) is 5.21. The zero-order valence-corrected chi connectivity index (χ0v) is 19.2. The second-order valence-electron chi connectivity index (χ2n) is 7.59. The van der Waals surface area contributed by atoms with Gasteiger partial charge in [-0.25, -0.2) is 9.97 Å². The van der Waals surface area contributed by atoms with Gasteiger partial charge >= 0.3 is 0 Å². The van der Waals surface area contributed by atoms with Crippen molar-refractivity contribution in [1.29, 1.82) is 0 Å². The molecular formula is C21H27ClN4O3S. The van der Waals surface area contributed by atoms with E-state index in [0.29, 0.717) is 34.0 Å². The second-order valence-corrected chi connectivity index (χ2v) is 8.99. The summed E-state index contributed by atoms with van der Waals surface area (Å²) >= 11 is 7.53. The molecule has 0 saturated carbocycles. The summed E-state index contributed by atoms with van der Waals surface area (Å²) in [6.45, 7) is 6.51. The summed E-state index contributed by atoms with van der Waals surface area (Å²) in [5.41, 5.74) is 0.494. The molecule has 1 N–H and O–H groups in total. The lowest BCUT2D eigenvalue weighted by Crippen LogP contribution is -2.39. The number of rotatable bonds is 7. The van der Waals surface area contributed by atoms with Crippen molar-refractivity contribution >= 4 is 40.8 Å². The number of thioether (sulfide) groups is 1. The molecule has 0 bridgehead atoms. The van der Waals surface area contributed by atoms with Crippen molar-refractivity contribution in [3.63, 3.8) is 0 Å². The van der Waals surface area contributed by atoms with Crippen LogP contribution in [0.4, 0.5) is 11.5 Å².